The lowest BCUT2D eigenvalue weighted by molar-refractivity contribution is -0.636. The summed E-state index contributed by atoms with van der Waals surface area (Å²) in [5.74, 6) is 0. The fourth-order valence-corrected chi connectivity index (χ4v) is 3.32. The van der Waals surface area contributed by atoms with Crippen molar-refractivity contribution < 1.29 is 178 Å². The molecule has 0 aromatic heterocycles. The van der Waals surface area contributed by atoms with Crippen molar-refractivity contribution in [2.75, 3.05) is 0 Å². The largest absolute Gasteiger partial charge is 0.453 e. The topological polar surface area (TPSA) is 73.8 Å². The van der Waals surface area contributed by atoms with Crippen LogP contribution in [0, 0.1) is 5.41 Å². The second-order valence-corrected chi connectivity index (χ2v) is 9.83. The van der Waals surface area contributed by atoms with Crippen molar-refractivity contribution in [1.82, 2.24) is 0 Å². The van der Waals surface area contributed by atoms with Gasteiger partial charge in [0.05, 0.1) is 0 Å². The first-order valence-electron chi connectivity index (χ1n) is 11.8. The summed E-state index contributed by atoms with van der Waals surface area (Å²) in [5, 5.41) is 0. The summed E-state index contributed by atoms with van der Waals surface area (Å²) in [6, 6.07) is 0. The van der Waals surface area contributed by atoms with Gasteiger partial charge in [-0.05, 0) is 0 Å². The van der Waals surface area contributed by atoms with E-state index in [9.17, 15) is 105 Å². The van der Waals surface area contributed by atoms with Gasteiger partial charge in [-0.15, -0.1) is 0 Å². The van der Waals surface area contributed by atoms with Gasteiger partial charge in [0.2, 0.25) is 0 Å². The third-order valence-electron chi connectivity index (χ3n) is 5.83. The molecule has 2 rings (SSSR count). The van der Waals surface area contributed by atoms with E-state index in [1.165, 1.54) is 0 Å². The Morgan fingerprint density at radius 2 is 0.193 bits per heavy atom. The molecule has 2 heterocycles. The highest BCUT2D eigenvalue weighted by molar-refractivity contribution is 5.09. The van der Waals surface area contributed by atoms with Crippen LogP contribution >= 0.6 is 0 Å². The lowest BCUT2D eigenvalue weighted by Crippen LogP contribution is -2.78. The van der Waals surface area contributed by atoms with Gasteiger partial charge in [0.15, 0.2) is 0 Å². The predicted molar refractivity (Wildman–Crippen MR) is 90.3 cm³/mol. The van der Waals surface area contributed by atoms with E-state index in [0.717, 1.165) is 37.9 Å². The maximum Gasteiger partial charge on any atom is 0.453 e. The molecule has 2 aliphatic heterocycles. The molecule has 2 saturated heterocycles. The minimum Gasteiger partial charge on any atom is -0.247 e. The number of alkyl halides is 32. The highest BCUT2D eigenvalue weighted by Crippen LogP contribution is 2.71. The van der Waals surface area contributed by atoms with E-state index >= 15 is 35.1 Å². The summed E-state index contributed by atoms with van der Waals surface area (Å²) in [6.45, 7) is 0. The van der Waals surface area contributed by atoms with Gasteiger partial charge in [-0.25, -0.2) is 37.9 Å². The summed E-state index contributed by atoms with van der Waals surface area (Å²) in [6.07, 6.45) is -145. The summed E-state index contributed by atoms with van der Waals surface area (Å²) in [4.78, 5) is 0. The molecule has 0 aromatic carbocycles. The minimum atomic E-state index is -10.5. The predicted octanol–water partition coefficient (Wildman–Crippen LogP) is 9.62. The van der Waals surface area contributed by atoms with Gasteiger partial charge in [0, 0.05) is 0 Å². The summed E-state index contributed by atoms with van der Waals surface area (Å²) in [5.41, 5.74) is -10.5. The van der Waals surface area contributed by atoms with Crippen molar-refractivity contribution in [3.8, 4) is 0 Å². The third-order valence-corrected chi connectivity index (χ3v) is 5.83. The molecule has 40 heteroatoms. The molecule has 0 amide bonds. The number of hydrogen-bond donors (Lipinski definition) is 0. The minimum absolute atomic E-state index is 0.851. The number of ether oxygens (including phenoxy) is 8. The average molecular weight is 940 g/mol. The molecule has 8 nitrogen and oxygen atoms in total. The monoisotopic (exact) mass is 940 g/mol. The molecule has 340 valence electrons. The van der Waals surface area contributed by atoms with Crippen molar-refractivity contribution in [3.05, 3.63) is 0 Å². The molecule has 0 saturated carbocycles. The fraction of sp³-hybridized carbons (Fsp3) is 1.00. The highest BCUT2D eigenvalue weighted by Gasteiger charge is 2.99. The Morgan fingerprint density at radius 1 is 0.123 bits per heavy atom. The molecule has 57 heavy (non-hydrogen) atoms. The first kappa shape index (κ1) is 50.6. The first-order valence-corrected chi connectivity index (χ1v) is 11.8. The van der Waals surface area contributed by atoms with Crippen molar-refractivity contribution in [3.63, 3.8) is 0 Å². The van der Waals surface area contributed by atoms with Gasteiger partial charge in [0.1, 0.15) is 0 Å². The summed E-state index contributed by atoms with van der Waals surface area (Å²) in [7, 11) is 0. The zero-order valence-electron chi connectivity index (χ0n) is 23.9. The summed E-state index contributed by atoms with van der Waals surface area (Å²) < 4.78 is 460. The van der Waals surface area contributed by atoms with Gasteiger partial charge < -0.3 is 0 Å². The second-order valence-electron chi connectivity index (χ2n) is 9.83. The number of halogens is 32. The molecular formula is C17F32O8. The lowest BCUT2D eigenvalue weighted by Gasteiger charge is -2.50. The first-order chi connectivity index (χ1) is 24.2. The van der Waals surface area contributed by atoms with E-state index in [0.29, 0.717) is 0 Å². The highest BCUT2D eigenvalue weighted by atomic mass is 19.4. The number of hydrogen-bond acceptors (Lipinski definition) is 8. The fourth-order valence-electron chi connectivity index (χ4n) is 3.32. The van der Waals surface area contributed by atoms with Gasteiger partial charge >= 0.3 is 103 Å². The van der Waals surface area contributed by atoms with Crippen LogP contribution < -0.4 is 0 Å². The molecule has 0 atom stereocenters. The molecule has 0 unspecified atom stereocenters. The maximum absolute atomic E-state index is 15.2. The van der Waals surface area contributed by atoms with E-state index in [-0.39, 0.29) is 0 Å². The Kier molecular flexibility index (Phi) is 11.3. The molecule has 0 aromatic rings. The number of rotatable bonds is 0. The smallest absolute Gasteiger partial charge is 0.247 e. The zero-order chi connectivity index (χ0) is 46.2. The summed E-state index contributed by atoms with van der Waals surface area (Å²) >= 11 is 0. The van der Waals surface area contributed by atoms with Crippen LogP contribution in [0.5, 0.6) is 0 Å². The van der Waals surface area contributed by atoms with Crippen molar-refractivity contribution in [2.45, 2.75) is 97.7 Å². The normalized spacial score (nSPS) is 33.7. The van der Waals surface area contributed by atoms with Crippen molar-refractivity contribution >= 4 is 0 Å². The van der Waals surface area contributed by atoms with Crippen LogP contribution in [0.1, 0.15) is 0 Å². The van der Waals surface area contributed by atoms with Gasteiger partial charge in [-0.3, -0.25) is 0 Å². The molecule has 0 aliphatic carbocycles. The molecule has 0 N–H and O–H groups in total. The average Bonchev–Trinajstić information content (AvgIpc) is 2.81. The van der Waals surface area contributed by atoms with Crippen molar-refractivity contribution in [2.24, 2.45) is 5.41 Å². The second kappa shape index (κ2) is 12.7. The van der Waals surface area contributed by atoms with Gasteiger partial charge in [-0.2, -0.15) is 140 Å². The van der Waals surface area contributed by atoms with E-state index in [2.05, 4.69) is 0 Å². The Balaban J connectivity index is 3.46. The quantitative estimate of drug-likeness (QED) is 0.223. The molecule has 2 aliphatic rings. The van der Waals surface area contributed by atoms with E-state index in [1.54, 1.807) is 0 Å². The van der Waals surface area contributed by atoms with E-state index in [1.807, 2.05) is 0 Å². The van der Waals surface area contributed by atoms with Gasteiger partial charge in [-0.1, -0.05) is 0 Å². The van der Waals surface area contributed by atoms with Gasteiger partial charge in [0.25, 0.3) is 0 Å². The van der Waals surface area contributed by atoms with Crippen LogP contribution in [0.3, 0.4) is 0 Å². The van der Waals surface area contributed by atoms with Crippen LogP contribution in [-0.2, 0) is 37.9 Å². The molecule has 0 bridgehead atoms. The van der Waals surface area contributed by atoms with Crippen LogP contribution in [0.15, 0.2) is 0 Å². The lowest BCUT2D eigenvalue weighted by atomic mass is 9.80. The van der Waals surface area contributed by atoms with E-state index in [4.69, 9.17) is 0 Å². The Hall–Kier alpha value is -2.56. The van der Waals surface area contributed by atoms with Crippen LogP contribution in [-0.4, -0.2) is 97.7 Å². The Bertz CT molecular complexity index is 1280. The molecule has 1 spiro atoms. The van der Waals surface area contributed by atoms with Crippen LogP contribution in [0.2, 0.25) is 0 Å². The molecule has 0 radical (unpaired) electrons. The van der Waals surface area contributed by atoms with Crippen molar-refractivity contribution in [1.29, 1.82) is 0 Å². The zero-order valence-corrected chi connectivity index (χ0v) is 23.9. The third kappa shape index (κ3) is 7.71. The standard InChI is InChI=1S/C17F32O8/c18-2(19)1(3(20,21)51-7(28,29)11(36,37)55-15(44,45)14(42,43)54-10(34,35)6(26,27)50-2)4(22,23)52-8(30,31)12(38,39)56-16(46,47)17(48,49)57-13(40,41)9(32,33)53-5(1,24)25. The SMILES string of the molecule is FC1(F)OC(F)(F)C(F)(F)OC(F)(F)C2(C(F)(F)OC(F)(F)C(F)(F)OC1(F)F)C(F)(F)OC(F)(F)C(F)(F)OC(F)(F)C(F)(F)OC(F)(F)C(F)(F)OC2(F)F. The Labute approximate surface area is 283 Å². The molecular weight excluding hydrogens is 940 g/mol. The van der Waals surface area contributed by atoms with Crippen LogP contribution in [0.4, 0.5) is 140 Å². The maximum atomic E-state index is 15.2. The Morgan fingerprint density at radius 3 is 0.281 bits per heavy atom. The van der Waals surface area contributed by atoms with Crippen LogP contribution in [0.25, 0.3) is 0 Å². The van der Waals surface area contributed by atoms with E-state index < -0.39 is 103 Å². The molecule has 2 fully saturated rings.